The number of thiazole rings is 1. The normalized spacial score (nSPS) is 23.3. The Morgan fingerprint density at radius 2 is 2.18 bits per heavy atom. The van der Waals surface area contributed by atoms with Crippen LogP contribution in [0.5, 0.6) is 0 Å². The molecule has 2 aliphatic rings. The summed E-state index contributed by atoms with van der Waals surface area (Å²) in [5.74, 6) is 0.381. The molecule has 114 valence electrons. The van der Waals surface area contributed by atoms with Crippen molar-refractivity contribution in [1.29, 1.82) is 0 Å². The lowest BCUT2D eigenvalue weighted by atomic mass is 10.1. The molecule has 0 unspecified atom stereocenters. The van der Waals surface area contributed by atoms with Crippen molar-refractivity contribution in [2.24, 2.45) is 5.92 Å². The molecule has 0 spiro atoms. The van der Waals surface area contributed by atoms with E-state index >= 15 is 0 Å². The second-order valence-electron chi connectivity index (χ2n) is 6.14. The average Bonchev–Trinajstić information content (AvgIpc) is 3.44. The number of carbonyl (C=O) groups is 1. The third kappa shape index (κ3) is 2.77. The Bertz CT molecular complexity index is 710. The minimum absolute atomic E-state index is 0.00854. The van der Waals surface area contributed by atoms with Crippen LogP contribution in [0.4, 0.5) is 4.39 Å². The number of amides is 1. The molecule has 4 rings (SSSR count). The minimum Gasteiger partial charge on any atom is -0.350 e. The maximum atomic E-state index is 13.7. The number of rotatable bonds is 5. The van der Waals surface area contributed by atoms with Crippen molar-refractivity contribution in [3.05, 3.63) is 51.7 Å². The maximum Gasteiger partial charge on any atom is 0.224 e. The average molecular weight is 316 g/mol. The Balaban J connectivity index is 1.32. The van der Waals surface area contributed by atoms with Crippen molar-refractivity contribution >= 4 is 17.2 Å². The summed E-state index contributed by atoms with van der Waals surface area (Å²) in [4.78, 5) is 16.7. The van der Waals surface area contributed by atoms with Gasteiger partial charge in [-0.3, -0.25) is 4.79 Å². The predicted molar refractivity (Wildman–Crippen MR) is 83.2 cm³/mol. The van der Waals surface area contributed by atoms with Crippen molar-refractivity contribution in [2.45, 2.75) is 37.6 Å². The smallest absolute Gasteiger partial charge is 0.224 e. The number of nitrogens with zero attached hydrogens (tertiary/aromatic N) is 1. The van der Waals surface area contributed by atoms with Crippen LogP contribution >= 0.6 is 11.3 Å². The molecule has 1 amide bonds. The van der Waals surface area contributed by atoms with E-state index in [4.69, 9.17) is 0 Å². The SMILES string of the molecule is O=C(NCc1csc(C2CC2)n1)[C@H]1C[C@H]1c1ccccc1F. The van der Waals surface area contributed by atoms with Crippen LogP contribution in [0.15, 0.2) is 29.6 Å². The molecule has 1 N–H and O–H groups in total. The first-order valence-electron chi connectivity index (χ1n) is 7.69. The minimum atomic E-state index is -0.212. The van der Waals surface area contributed by atoms with E-state index in [1.165, 1.54) is 23.9 Å². The number of hydrogen-bond donors (Lipinski definition) is 1. The van der Waals surface area contributed by atoms with Crippen molar-refractivity contribution in [2.75, 3.05) is 0 Å². The van der Waals surface area contributed by atoms with E-state index in [1.54, 1.807) is 23.5 Å². The molecular formula is C17H17FN2OS. The summed E-state index contributed by atoms with van der Waals surface area (Å²) in [6.07, 6.45) is 3.22. The van der Waals surface area contributed by atoms with Gasteiger partial charge in [-0.1, -0.05) is 18.2 Å². The van der Waals surface area contributed by atoms with E-state index in [0.717, 1.165) is 12.1 Å². The summed E-state index contributed by atoms with van der Waals surface area (Å²) < 4.78 is 13.7. The monoisotopic (exact) mass is 316 g/mol. The highest BCUT2D eigenvalue weighted by Gasteiger charge is 2.45. The summed E-state index contributed by atoms with van der Waals surface area (Å²) in [6.45, 7) is 0.475. The van der Waals surface area contributed by atoms with Crippen molar-refractivity contribution in [1.82, 2.24) is 10.3 Å². The van der Waals surface area contributed by atoms with Crippen LogP contribution in [0.1, 0.15) is 47.4 Å². The Labute approximate surface area is 132 Å². The fourth-order valence-corrected chi connectivity index (χ4v) is 3.83. The summed E-state index contributed by atoms with van der Waals surface area (Å²) >= 11 is 1.68. The molecule has 22 heavy (non-hydrogen) atoms. The predicted octanol–water partition coefficient (Wildman–Crippen LogP) is 3.58. The highest BCUT2D eigenvalue weighted by atomic mass is 32.1. The zero-order valence-corrected chi connectivity index (χ0v) is 12.9. The topological polar surface area (TPSA) is 42.0 Å². The summed E-state index contributed by atoms with van der Waals surface area (Å²) in [7, 11) is 0. The second-order valence-corrected chi connectivity index (χ2v) is 7.03. The van der Waals surface area contributed by atoms with E-state index in [-0.39, 0.29) is 23.6 Å². The highest BCUT2D eigenvalue weighted by Crippen LogP contribution is 2.48. The molecule has 2 aromatic rings. The van der Waals surface area contributed by atoms with Crippen molar-refractivity contribution < 1.29 is 9.18 Å². The first-order chi connectivity index (χ1) is 10.7. The lowest BCUT2D eigenvalue weighted by Crippen LogP contribution is -2.25. The Morgan fingerprint density at radius 3 is 2.95 bits per heavy atom. The van der Waals surface area contributed by atoms with Gasteiger partial charge in [0.25, 0.3) is 0 Å². The molecule has 0 radical (unpaired) electrons. The van der Waals surface area contributed by atoms with E-state index < -0.39 is 0 Å². The molecule has 0 aliphatic heterocycles. The largest absolute Gasteiger partial charge is 0.350 e. The summed E-state index contributed by atoms with van der Waals surface area (Å²) in [6, 6.07) is 6.73. The quantitative estimate of drug-likeness (QED) is 0.916. The molecule has 2 aliphatic carbocycles. The highest BCUT2D eigenvalue weighted by molar-refractivity contribution is 7.09. The van der Waals surface area contributed by atoms with Gasteiger partial charge in [0.15, 0.2) is 0 Å². The zero-order valence-electron chi connectivity index (χ0n) is 12.1. The van der Waals surface area contributed by atoms with E-state index in [9.17, 15) is 9.18 Å². The summed E-state index contributed by atoms with van der Waals surface area (Å²) in [5.41, 5.74) is 1.59. The Kier molecular flexibility index (Phi) is 3.45. The first-order valence-corrected chi connectivity index (χ1v) is 8.57. The van der Waals surface area contributed by atoms with E-state index in [2.05, 4.69) is 10.3 Å². The molecule has 5 heteroatoms. The van der Waals surface area contributed by atoms with Gasteiger partial charge in [-0.15, -0.1) is 11.3 Å². The molecule has 2 atom stereocenters. The first kappa shape index (κ1) is 13.9. The zero-order chi connectivity index (χ0) is 15.1. The number of hydrogen-bond acceptors (Lipinski definition) is 3. The van der Waals surface area contributed by atoms with Gasteiger partial charge in [0.1, 0.15) is 5.82 Å². The number of carbonyl (C=O) groups excluding carboxylic acids is 1. The number of nitrogens with one attached hydrogen (secondary N) is 1. The van der Waals surface area contributed by atoms with Gasteiger partial charge in [0, 0.05) is 17.2 Å². The molecule has 1 aromatic heterocycles. The molecule has 0 saturated heterocycles. The number of halogens is 1. The lowest BCUT2D eigenvalue weighted by Gasteiger charge is -2.04. The molecule has 2 saturated carbocycles. The molecule has 3 nitrogen and oxygen atoms in total. The van der Waals surface area contributed by atoms with Crippen LogP contribution in [-0.2, 0) is 11.3 Å². The fourth-order valence-electron chi connectivity index (χ4n) is 2.83. The van der Waals surface area contributed by atoms with Crippen LogP contribution < -0.4 is 5.32 Å². The number of benzene rings is 1. The molecule has 1 heterocycles. The standard InChI is InChI=1S/C17H17FN2OS/c18-15-4-2-1-3-12(15)13-7-14(13)16(21)19-8-11-9-22-17(20-11)10-5-6-10/h1-4,9-10,13-14H,5-8H2,(H,19,21)/t13-,14-/m0/s1. The van der Waals surface area contributed by atoms with Crippen LogP contribution in [0, 0.1) is 11.7 Å². The Morgan fingerprint density at radius 1 is 1.36 bits per heavy atom. The van der Waals surface area contributed by atoms with Crippen LogP contribution in [0.2, 0.25) is 0 Å². The van der Waals surface area contributed by atoms with Gasteiger partial charge in [-0.25, -0.2) is 9.37 Å². The number of aromatic nitrogens is 1. The van der Waals surface area contributed by atoms with Gasteiger partial charge in [0.05, 0.1) is 17.2 Å². The third-order valence-electron chi connectivity index (χ3n) is 4.37. The molecule has 2 fully saturated rings. The van der Waals surface area contributed by atoms with Crippen molar-refractivity contribution in [3.8, 4) is 0 Å². The molecular weight excluding hydrogens is 299 g/mol. The van der Waals surface area contributed by atoms with Gasteiger partial charge in [-0.2, -0.15) is 0 Å². The summed E-state index contributed by atoms with van der Waals surface area (Å²) in [5, 5.41) is 6.15. The van der Waals surface area contributed by atoms with Gasteiger partial charge in [-0.05, 0) is 36.8 Å². The van der Waals surface area contributed by atoms with Gasteiger partial charge >= 0.3 is 0 Å². The third-order valence-corrected chi connectivity index (χ3v) is 5.43. The molecule has 1 aromatic carbocycles. The van der Waals surface area contributed by atoms with E-state index in [0.29, 0.717) is 18.0 Å². The van der Waals surface area contributed by atoms with Gasteiger partial charge in [0.2, 0.25) is 5.91 Å². The fraction of sp³-hybridized carbons (Fsp3) is 0.412. The molecule has 0 bridgehead atoms. The van der Waals surface area contributed by atoms with Crippen LogP contribution in [0.3, 0.4) is 0 Å². The maximum absolute atomic E-state index is 13.7. The van der Waals surface area contributed by atoms with Crippen LogP contribution in [0.25, 0.3) is 0 Å². The van der Waals surface area contributed by atoms with E-state index in [1.807, 2.05) is 11.4 Å². The van der Waals surface area contributed by atoms with Crippen LogP contribution in [-0.4, -0.2) is 10.9 Å². The van der Waals surface area contributed by atoms with Gasteiger partial charge < -0.3 is 5.32 Å². The second kappa shape index (κ2) is 5.47. The lowest BCUT2D eigenvalue weighted by molar-refractivity contribution is -0.122. The van der Waals surface area contributed by atoms with Crippen molar-refractivity contribution in [3.63, 3.8) is 0 Å². The Hall–Kier alpha value is -1.75.